The highest BCUT2D eigenvalue weighted by atomic mass is 127. The van der Waals surface area contributed by atoms with Crippen LogP contribution >= 0.6 is 61.1 Å². The van der Waals surface area contributed by atoms with Crippen LogP contribution < -0.4 is 5.32 Å². The van der Waals surface area contributed by atoms with Crippen molar-refractivity contribution in [3.05, 3.63) is 22.8 Å². The van der Waals surface area contributed by atoms with Crippen LogP contribution in [0.15, 0.2) is 22.8 Å². The van der Waals surface area contributed by atoms with Gasteiger partial charge in [0, 0.05) is 10.7 Å². The molecule has 4 heteroatoms. The molecule has 0 aliphatic carbocycles. The first-order valence-corrected chi connectivity index (χ1v) is 5.26. The molecule has 1 nitrogen and oxygen atoms in total. The smallest absolute Gasteiger partial charge is 0.159 e. The summed E-state index contributed by atoms with van der Waals surface area (Å²) >= 11 is 7.99. The van der Waals surface area contributed by atoms with E-state index in [4.69, 9.17) is 0 Å². The van der Waals surface area contributed by atoms with Crippen LogP contribution in [0.2, 0.25) is 0 Å². The van der Waals surface area contributed by atoms with E-state index in [-0.39, 0.29) is 1.55 Å². The van der Waals surface area contributed by atoms with E-state index >= 15 is 0 Å². The van der Waals surface area contributed by atoms with Gasteiger partial charge in [-0.25, -0.2) is 0 Å². The Morgan fingerprint density at radius 3 is 2.56 bits per heavy atom. The molecule has 0 saturated heterocycles. The second-order valence-corrected chi connectivity index (χ2v) is 8.01. The molecule has 0 unspecified atom stereocenters. The largest absolute Gasteiger partial charge is 0.365 e. The molecular weight excluding hydrogens is 408 g/mol. The molecule has 1 N–H and O–H groups in total. The van der Waals surface area contributed by atoms with Crippen LogP contribution in [0.25, 0.3) is 0 Å². The molecule has 50 valence electrons. The first-order chi connectivity index (χ1) is 4.10. The summed E-state index contributed by atoms with van der Waals surface area (Å²) in [4.78, 5) is 0. The minimum Gasteiger partial charge on any atom is -0.365 e. The third kappa shape index (κ3) is 2.75. The first kappa shape index (κ1) is 8.32. The minimum atomic E-state index is 0.0623. The van der Waals surface area contributed by atoms with E-state index in [2.05, 4.69) is 72.5 Å². The maximum absolute atomic E-state index is 3.34. The van der Waals surface area contributed by atoms with E-state index in [1.807, 2.05) is 12.3 Å². The van der Waals surface area contributed by atoms with Gasteiger partial charge in [0.25, 0.3) is 0 Å². The molecule has 0 aromatic rings. The van der Waals surface area contributed by atoms with Crippen molar-refractivity contribution >= 4 is 61.1 Å². The number of hydrogen-bond donors (Lipinski definition) is 1. The summed E-state index contributed by atoms with van der Waals surface area (Å²) in [6.07, 6.45) is 6.08. The number of alkyl halides is 2. The van der Waals surface area contributed by atoms with Crippen molar-refractivity contribution in [2.24, 2.45) is 0 Å². The van der Waals surface area contributed by atoms with Crippen LogP contribution in [0.4, 0.5) is 0 Å². The lowest BCUT2D eigenvalue weighted by atomic mass is 10.4. The lowest BCUT2D eigenvalue weighted by Gasteiger charge is -2.19. The summed E-state index contributed by atoms with van der Waals surface area (Å²) in [6, 6.07) is 0. The van der Waals surface area contributed by atoms with Gasteiger partial charge in [0.15, 0.2) is 1.55 Å². The fourth-order valence-electron chi connectivity index (χ4n) is 0.446. The normalized spacial score (nSPS) is 22.8. The molecule has 1 aliphatic rings. The Balaban J connectivity index is 2.70. The third-order valence-corrected chi connectivity index (χ3v) is 2.69. The van der Waals surface area contributed by atoms with Crippen molar-refractivity contribution in [3.63, 3.8) is 0 Å². The SMILES string of the molecule is BrC1=CNC(I)(I)C=C1. The second kappa shape index (κ2) is 3.08. The van der Waals surface area contributed by atoms with Gasteiger partial charge < -0.3 is 5.32 Å². The minimum absolute atomic E-state index is 0.0623. The zero-order chi connectivity index (χ0) is 6.91. The number of dihydropyridines is 1. The highest BCUT2D eigenvalue weighted by molar-refractivity contribution is 14.2. The van der Waals surface area contributed by atoms with Gasteiger partial charge >= 0.3 is 0 Å². The van der Waals surface area contributed by atoms with E-state index < -0.39 is 0 Å². The number of hydrogen-bond acceptors (Lipinski definition) is 1. The maximum atomic E-state index is 3.34. The van der Waals surface area contributed by atoms with Gasteiger partial charge in [0.2, 0.25) is 0 Å². The number of nitrogens with one attached hydrogen (secondary N) is 1. The molecule has 0 atom stereocenters. The molecule has 0 aromatic carbocycles. The molecule has 0 saturated carbocycles. The second-order valence-electron chi connectivity index (χ2n) is 1.63. The van der Waals surface area contributed by atoms with Crippen molar-refractivity contribution in [1.29, 1.82) is 0 Å². The van der Waals surface area contributed by atoms with Crippen molar-refractivity contribution in [2.45, 2.75) is 1.55 Å². The standard InChI is InChI=1S/C5H4BrI2N/c6-4-1-2-5(7,8)9-3-4/h1-3,9H. The Bertz CT molecular complexity index is 174. The molecular formula is C5H4BrI2N. The Morgan fingerprint density at radius 1 is 1.56 bits per heavy atom. The molecule has 9 heavy (non-hydrogen) atoms. The van der Waals surface area contributed by atoms with Crippen LogP contribution in [0.1, 0.15) is 0 Å². The molecule has 0 amide bonds. The highest BCUT2D eigenvalue weighted by Gasteiger charge is 2.17. The summed E-state index contributed by atoms with van der Waals surface area (Å²) in [7, 11) is 0. The van der Waals surface area contributed by atoms with E-state index in [1.165, 1.54) is 0 Å². The van der Waals surface area contributed by atoms with Gasteiger partial charge in [-0.15, -0.1) is 0 Å². The summed E-state index contributed by atoms with van der Waals surface area (Å²) in [5.41, 5.74) is 0. The van der Waals surface area contributed by atoms with Crippen molar-refractivity contribution in [1.82, 2.24) is 5.32 Å². The number of rotatable bonds is 0. The van der Waals surface area contributed by atoms with Gasteiger partial charge in [-0.1, -0.05) is 0 Å². The molecule has 1 aliphatic heterocycles. The zero-order valence-corrected chi connectivity index (χ0v) is 10.3. The molecule has 0 radical (unpaired) electrons. The quantitative estimate of drug-likeness (QED) is 0.367. The molecule has 1 rings (SSSR count). The van der Waals surface area contributed by atoms with Gasteiger partial charge in [0.05, 0.1) is 0 Å². The topological polar surface area (TPSA) is 12.0 Å². The maximum Gasteiger partial charge on any atom is 0.159 e. The lowest BCUT2D eigenvalue weighted by Crippen LogP contribution is -2.27. The lowest BCUT2D eigenvalue weighted by molar-refractivity contribution is 0.916. The third-order valence-electron chi connectivity index (χ3n) is 0.854. The van der Waals surface area contributed by atoms with Gasteiger partial charge in [0.1, 0.15) is 0 Å². The van der Waals surface area contributed by atoms with E-state index in [9.17, 15) is 0 Å². The molecule has 0 aromatic heterocycles. The average Bonchev–Trinajstić information content (AvgIpc) is 1.78. The average molecular weight is 412 g/mol. The monoisotopic (exact) mass is 411 g/mol. The Kier molecular flexibility index (Phi) is 2.85. The van der Waals surface area contributed by atoms with Gasteiger partial charge in [-0.2, -0.15) is 0 Å². The Labute approximate surface area is 89.8 Å². The summed E-state index contributed by atoms with van der Waals surface area (Å²) < 4.78 is 1.15. The predicted molar refractivity (Wildman–Crippen MR) is 60.1 cm³/mol. The molecule has 0 bridgehead atoms. The highest BCUT2D eigenvalue weighted by Crippen LogP contribution is 2.29. The Hall–Kier alpha value is 1.22. The fraction of sp³-hybridized carbons (Fsp3) is 0.200. The van der Waals surface area contributed by atoms with Crippen LogP contribution in [-0.4, -0.2) is 1.55 Å². The van der Waals surface area contributed by atoms with Crippen LogP contribution in [0, 0.1) is 0 Å². The molecule has 1 heterocycles. The van der Waals surface area contributed by atoms with E-state index in [1.54, 1.807) is 0 Å². The van der Waals surface area contributed by atoms with Crippen LogP contribution in [-0.2, 0) is 0 Å². The fourth-order valence-corrected chi connectivity index (χ4v) is 1.36. The van der Waals surface area contributed by atoms with Gasteiger partial charge in [-0.05, 0) is 73.3 Å². The molecule has 0 fully saturated rings. The predicted octanol–water partition coefficient (Wildman–Crippen LogP) is 2.91. The number of halogens is 3. The Morgan fingerprint density at radius 2 is 2.22 bits per heavy atom. The van der Waals surface area contributed by atoms with E-state index in [0.29, 0.717) is 0 Å². The first-order valence-electron chi connectivity index (χ1n) is 2.30. The van der Waals surface area contributed by atoms with Crippen LogP contribution in [0.3, 0.4) is 0 Å². The zero-order valence-electron chi connectivity index (χ0n) is 4.37. The number of allylic oxidation sites excluding steroid dienone is 2. The summed E-state index contributed by atoms with van der Waals surface area (Å²) in [5, 5.41) is 3.19. The van der Waals surface area contributed by atoms with Crippen molar-refractivity contribution in [3.8, 4) is 0 Å². The summed E-state index contributed by atoms with van der Waals surface area (Å²) in [6.45, 7) is 0. The van der Waals surface area contributed by atoms with Crippen molar-refractivity contribution < 1.29 is 0 Å². The summed E-state index contributed by atoms with van der Waals surface area (Å²) in [5.74, 6) is 0. The van der Waals surface area contributed by atoms with Crippen LogP contribution in [0.5, 0.6) is 0 Å². The van der Waals surface area contributed by atoms with E-state index in [0.717, 1.165) is 4.48 Å². The van der Waals surface area contributed by atoms with Gasteiger partial charge in [-0.3, -0.25) is 0 Å². The van der Waals surface area contributed by atoms with Crippen molar-refractivity contribution in [2.75, 3.05) is 0 Å². The molecule has 0 spiro atoms.